The number of hydrogen-bond acceptors (Lipinski definition) is 2. The summed E-state index contributed by atoms with van der Waals surface area (Å²) in [5, 5.41) is 0.816. The Kier molecular flexibility index (Phi) is 5.28. The molecule has 0 amide bonds. The smallest absolute Gasteiger partial charge is 0.212 e. The summed E-state index contributed by atoms with van der Waals surface area (Å²) >= 11 is 12.0. The van der Waals surface area contributed by atoms with Gasteiger partial charge >= 0.3 is 0 Å². The summed E-state index contributed by atoms with van der Waals surface area (Å²) in [6, 6.07) is 11.4. The van der Waals surface area contributed by atoms with Crippen LogP contribution < -0.4 is 0 Å². The van der Waals surface area contributed by atoms with E-state index in [2.05, 4.69) is 32.0 Å². The average Bonchev–Trinajstić information content (AvgIpc) is 2.82. The molecule has 150 valence electrons. The fourth-order valence-electron chi connectivity index (χ4n) is 4.66. The Morgan fingerprint density at radius 2 is 1.89 bits per heavy atom. The average molecular weight is 438 g/mol. The Balaban J connectivity index is 1.65. The highest BCUT2D eigenvalue weighted by Gasteiger charge is 2.37. The lowest BCUT2D eigenvalue weighted by atomic mass is 9.67. The molecule has 1 unspecified atom stereocenters. The molecule has 0 spiro atoms. The van der Waals surface area contributed by atoms with Crippen molar-refractivity contribution in [1.82, 2.24) is 4.31 Å². The van der Waals surface area contributed by atoms with Crippen LogP contribution in [-0.2, 0) is 27.7 Å². The van der Waals surface area contributed by atoms with Gasteiger partial charge in [0.1, 0.15) is 0 Å². The van der Waals surface area contributed by atoms with Crippen molar-refractivity contribution in [2.24, 2.45) is 0 Å². The zero-order valence-electron chi connectivity index (χ0n) is 16.2. The van der Waals surface area contributed by atoms with E-state index in [9.17, 15) is 8.42 Å². The van der Waals surface area contributed by atoms with Crippen LogP contribution in [0.4, 0.5) is 0 Å². The zero-order valence-corrected chi connectivity index (χ0v) is 18.5. The Labute approximate surface area is 177 Å². The third-order valence-corrected chi connectivity index (χ3v) is 8.79. The van der Waals surface area contributed by atoms with Crippen LogP contribution in [0.15, 0.2) is 36.4 Å². The van der Waals surface area contributed by atoms with Gasteiger partial charge < -0.3 is 0 Å². The van der Waals surface area contributed by atoms with Gasteiger partial charge in [0.2, 0.25) is 10.0 Å². The van der Waals surface area contributed by atoms with Crippen LogP contribution in [0.2, 0.25) is 10.0 Å². The monoisotopic (exact) mass is 437 g/mol. The summed E-state index contributed by atoms with van der Waals surface area (Å²) in [4.78, 5) is 0. The van der Waals surface area contributed by atoms with Gasteiger partial charge in [-0.1, -0.05) is 61.3 Å². The van der Waals surface area contributed by atoms with Gasteiger partial charge in [0.15, 0.2) is 0 Å². The minimum Gasteiger partial charge on any atom is -0.212 e. The summed E-state index contributed by atoms with van der Waals surface area (Å²) in [6.45, 7) is 5.59. The van der Waals surface area contributed by atoms with Crippen molar-refractivity contribution >= 4 is 33.2 Å². The number of halogens is 2. The van der Waals surface area contributed by atoms with E-state index >= 15 is 0 Å². The Morgan fingerprint density at radius 1 is 1.11 bits per heavy atom. The second kappa shape index (κ2) is 7.32. The van der Waals surface area contributed by atoms with Crippen molar-refractivity contribution in [3.8, 4) is 0 Å². The van der Waals surface area contributed by atoms with Crippen LogP contribution in [0.5, 0.6) is 0 Å². The molecule has 2 aliphatic rings. The molecule has 0 radical (unpaired) electrons. The molecule has 2 aromatic rings. The van der Waals surface area contributed by atoms with E-state index in [-0.39, 0.29) is 11.2 Å². The van der Waals surface area contributed by atoms with Gasteiger partial charge in [-0.25, -0.2) is 8.42 Å². The molecule has 4 rings (SSSR count). The van der Waals surface area contributed by atoms with Crippen molar-refractivity contribution in [2.45, 2.75) is 56.7 Å². The maximum atomic E-state index is 13.2. The van der Waals surface area contributed by atoms with E-state index in [0.717, 1.165) is 24.8 Å². The van der Waals surface area contributed by atoms with Crippen molar-refractivity contribution in [3.05, 3.63) is 68.7 Å². The topological polar surface area (TPSA) is 37.4 Å². The molecule has 0 saturated heterocycles. The molecule has 0 aromatic heterocycles. The largest absolute Gasteiger partial charge is 0.218 e. The fraction of sp³-hybridized carbons (Fsp3) is 0.455. The van der Waals surface area contributed by atoms with E-state index in [1.54, 1.807) is 22.5 Å². The highest BCUT2D eigenvalue weighted by Crippen LogP contribution is 2.47. The van der Waals surface area contributed by atoms with Gasteiger partial charge in [-0.2, -0.15) is 4.31 Å². The molecule has 0 bridgehead atoms. The molecular formula is C22H25Cl2NO2S. The summed E-state index contributed by atoms with van der Waals surface area (Å²) < 4.78 is 28.0. The SMILES string of the molecule is CC1(C)CCC2CCN(S(=O)(=O)Cc3ccc(Cl)c(Cl)c3)Cc3cccc1c32. The fourth-order valence-corrected chi connectivity index (χ4v) is 6.49. The van der Waals surface area contributed by atoms with E-state index < -0.39 is 10.0 Å². The molecule has 28 heavy (non-hydrogen) atoms. The number of benzene rings is 2. The van der Waals surface area contributed by atoms with Crippen LogP contribution in [-0.4, -0.2) is 19.3 Å². The highest BCUT2D eigenvalue weighted by molar-refractivity contribution is 7.88. The third kappa shape index (κ3) is 3.72. The first-order chi connectivity index (χ1) is 13.2. The minimum atomic E-state index is -3.45. The Bertz CT molecular complexity index is 1020. The number of sulfonamides is 1. The lowest BCUT2D eigenvalue weighted by Gasteiger charge is -2.37. The molecule has 3 nitrogen and oxygen atoms in total. The maximum absolute atomic E-state index is 13.2. The molecule has 6 heteroatoms. The first kappa shape index (κ1) is 20.2. The van der Waals surface area contributed by atoms with Gasteiger partial charge in [0.25, 0.3) is 0 Å². The van der Waals surface area contributed by atoms with Crippen LogP contribution in [0, 0.1) is 0 Å². The lowest BCUT2D eigenvalue weighted by molar-refractivity contribution is 0.362. The lowest BCUT2D eigenvalue weighted by Crippen LogP contribution is -2.32. The van der Waals surface area contributed by atoms with Gasteiger partial charge in [0, 0.05) is 13.1 Å². The molecule has 1 heterocycles. The zero-order chi connectivity index (χ0) is 20.1. The van der Waals surface area contributed by atoms with Gasteiger partial charge in [-0.05, 0) is 65.0 Å². The van der Waals surface area contributed by atoms with Crippen molar-refractivity contribution in [1.29, 1.82) is 0 Å². The third-order valence-electron chi connectivity index (χ3n) is 6.25. The first-order valence-electron chi connectivity index (χ1n) is 9.71. The normalized spacial score (nSPS) is 21.8. The van der Waals surface area contributed by atoms with Crippen LogP contribution in [0.1, 0.15) is 61.3 Å². The molecule has 1 atom stereocenters. The molecule has 1 aliphatic heterocycles. The van der Waals surface area contributed by atoms with Crippen molar-refractivity contribution in [2.75, 3.05) is 6.54 Å². The van der Waals surface area contributed by atoms with Gasteiger partial charge in [-0.3, -0.25) is 0 Å². The van der Waals surface area contributed by atoms with Gasteiger partial charge in [-0.15, -0.1) is 0 Å². The second-order valence-electron chi connectivity index (χ2n) is 8.62. The molecule has 0 fully saturated rings. The quantitative estimate of drug-likeness (QED) is 0.600. The van der Waals surface area contributed by atoms with Crippen molar-refractivity contribution < 1.29 is 8.42 Å². The Hall–Kier alpha value is -1.07. The predicted molar refractivity (Wildman–Crippen MR) is 116 cm³/mol. The summed E-state index contributed by atoms with van der Waals surface area (Å²) in [5.74, 6) is 0.388. The Morgan fingerprint density at radius 3 is 2.64 bits per heavy atom. The molecule has 0 N–H and O–H groups in total. The van der Waals surface area contributed by atoms with E-state index in [4.69, 9.17) is 23.2 Å². The molecule has 0 saturated carbocycles. The second-order valence-corrected chi connectivity index (χ2v) is 11.4. The van der Waals surface area contributed by atoms with Crippen LogP contribution in [0.25, 0.3) is 0 Å². The van der Waals surface area contributed by atoms with E-state index in [0.29, 0.717) is 34.6 Å². The highest BCUT2D eigenvalue weighted by atomic mass is 35.5. The standard InChI is InChI=1S/C22H25Cl2NO2S/c1-22(2)10-8-16-9-11-25(13-17-4-3-5-18(22)21(16)17)28(26,27)14-15-6-7-19(23)20(24)12-15/h3-7,12,16H,8-11,13-14H2,1-2H3. The maximum Gasteiger partial charge on any atom is 0.218 e. The molecule has 2 aromatic carbocycles. The summed E-state index contributed by atoms with van der Waals surface area (Å²) in [6.07, 6.45) is 3.14. The van der Waals surface area contributed by atoms with Gasteiger partial charge in [0.05, 0.1) is 15.8 Å². The van der Waals surface area contributed by atoms with E-state index in [1.807, 2.05) is 0 Å². The van der Waals surface area contributed by atoms with E-state index in [1.165, 1.54) is 11.1 Å². The van der Waals surface area contributed by atoms with Crippen LogP contribution >= 0.6 is 23.2 Å². The summed E-state index contributed by atoms with van der Waals surface area (Å²) in [7, 11) is -3.45. The molecule has 1 aliphatic carbocycles. The number of nitrogens with zero attached hydrogens (tertiary/aromatic N) is 1. The van der Waals surface area contributed by atoms with Crippen LogP contribution in [0.3, 0.4) is 0 Å². The summed E-state index contributed by atoms with van der Waals surface area (Å²) in [5.41, 5.74) is 4.76. The minimum absolute atomic E-state index is 0.0604. The first-order valence-corrected chi connectivity index (χ1v) is 12.1. The molecular weight excluding hydrogens is 413 g/mol. The van der Waals surface area contributed by atoms with Crippen molar-refractivity contribution in [3.63, 3.8) is 0 Å². The predicted octanol–water partition coefficient (Wildman–Crippen LogP) is 5.88. The number of hydrogen-bond donors (Lipinski definition) is 0. The number of rotatable bonds is 3.